The average Bonchev–Trinajstić information content (AvgIpc) is 2.90. The second-order valence-electron chi connectivity index (χ2n) is 10.2. The zero-order valence-corrected chi connectivity index (χ0v) is 21.8. The first-order chi connectivity index (χ1) is 17.7. The molecule has 0 fully saturated rings. The van der Waals surface area contributed by atoms with Crippen LogP contribution in [0.1, 0.15) is 88.7 Å². The van der Waals surface area contributed by atoms with E-state index in [0.717, 1.165) is 25.7 Å². The van der Waals surface area contributed by atoms with Gasteiger partial charge in [0.1, 0.15) is 0 Å². The summed E-state index contributed by atoms with van der Waals surface area (Å²) >= 11 is 0. The molecule has 0 radical (unpaired) electrons. The predicted octanol–water partition coefficient (Wildman–Crippen LogP) is 3.21. The third-order valence-corrected chi connectivity index (χ3v) is 7.47. The summed E-state index contributed by atoms with van der Waals surface area (Å²) in [5, 5.41) is 4.08. The van der Waals surface area contributed by atoms with E-state index in [1.807, 2.05) is 0 Å². The molecule has 1 aliphatic carbocycles. The molecule has 0 spiro atoms. The van der Waals surface area contributed by atoms with Crippen molar-refractivity contribution >= 4 is 34.2 Å². The molecule has 200 valence electrons. The summed E-state index contributed by atoms with van der Waals surface area (Å²) < 4.78 is 0. The van der Waals surface area contributed by atoms with E-state index in [2.05, 4.69) is 12.2 Å². The first-order valence-corrected chi connectivity index (χ1v) is 13.5. The highest BCUT2D eigenvalue weighted by Crippen LogP contribution is 2.39. The molecule has 0 aliphatic heterocycles. The molecule has 2 amide bonds. The lowest BCUT2D eigenvalue weighted by Crippen LogP contribution is -2.70. The van der Waals surface area contributed by atoms with Gasteiger partial charge in [-0.2, -0.15) is 0 Å². The van der Waals surface area contributed by atoms with Gasteiger partial charge in [-0.15, -0.1) is 0 Å². The molecule has 0 aromatic heterocycles. The van der Waals surface area contributed by atoms with E-state index in [9.17, 15) is 19.2 Å². The minimum Gasteiger partial charge on any atom is -0.367 e. The molecule has 8 nitrogen and oxygen atoms in total. The van der Waals surface area contributed by atoms with Crippen molar-refractivity contribution in [2.75, 3.05) is 6.54 Å². The number of benzene rings is 2. The van der Waals surface area contributed by atoms with E-state index in [4.69, 9.17) is 17.2 Å². The molecule has 0 saturated carbocycles. The maximum Gasteiger partial charge on any atom is 0.253 e. The lowest BCUT2D eigenvalue weighted by Gasteiger charge is -2.39. The van der Waals surface area contributed by atoms with Gasteiger partial charge in [0.2, 0.25) is 17.5 Å². The number of primary amides is 1. The van der Waals surface area contributed by atoms with Crippen molar-refractivity contribution in [3.8, 4) is 0 Å². The van der Waals surface area contributed by atoms with Gasteiger partial charge < -0.3 is 22.5 Å². The first-order valence-electron chi connectivity index (χ1n) is 13.5. The van der Waals surface area contributed by atoms with Gasteiger partial charge in [-0.1, -0.05) is 95.4 Å². The Morgan fingerprint density at radius 2 is 1.16 bits per heavy atom. The van der Waals surface area contributed by atoms with Gasteiger partial charge in [0.05, 0.1) is 0 Å². The van der Waals surface area contributed by atoms with E-state index in [1.165, 1.54) is 51.0 Å². The molecule has 7 N–H and O–H groups in total. The van der Waals surface area contributed by atoms with Gasteiger partial charge in [-0.25, -0.2) is 0 Å². The molecule has 0 heterocycles. The SMILES string of the molecule is CCCCCCCCCCCCCNC(=O)C1(N)C(=O)C(=O)C(N)(C(N)=O)c2cc3ccccc3cc21. The minimum absolute atomic E-state index is 0.0179. The van der Waals surface area contributed by atoms with Crippen LogP contribution in [0.2, 0.25) is 0 Å². The average molecular weight is 509 g/mol. The van der Waals surface area contributed by atoms with Crippen molar-refractivity contribution < 1.29 is 19.2 Å². The van der Waals surface area contributed by atoms with E-state index < -0.39 is 34.5 Å². The molecule has 2 aromatic carbocycles. The van der Waals surface area contributed by atoms with Gasteiger partial charge in [0.15, 0.2) is 11.1 Å². The van der Waals surface area contributed by atoms with Crippen LogP contribution >= 0.6 is 0 Å². The zero-order valence-electron chi connectivity index (χ0n) is 21.8. The van der Waals surface area contributed by atoms with E-state index >= 15 is 0 Å². The van der Waals surface area contributed by atoms with Crippen molar-refractivity contribution in [3.63, 3.8) is 0 Å². The Morgan fingerprint density at radius 3 is 1.65 bits per heavy atom. The number of nitrogens with one attached hydrogen (secondary N) is 1. The molecule has 1 aliphatic rings. The highest BCUT2D eigenvalue weighted by Gasteiger charge is 2.61. The van der Waals surface area contributed by atoms with E-state index in [1.54, 1.807) is 30.3 Å². The number of ketones is 2. The fourth-order valence-electron chi connectivity index (χ4n) is 5.10. The van der Waals surface area contributed by atoms with Gasteiger partial charge in [-0.3, -0.25) is 19.2 Å². The van der Waals surface area contributed by atoms with Crippen LogP contribution in [0, 0.1) is 0 Å². The van der Waals surface area contributed by atoms with Crippen molar-refractivity contribution in [3.05, 3.63) is 47.5 Å². The lowest BCUT2D eigenvalue weighted by molar-refractivity contribution is -0.151. The molecule has 0 saturated heterocycles. The molecular formula is C29H40N4O4. The summed E-state index contributed by atoms with van der Waals surface area (Å²) in [7, 11) is 0. The quantitative estimate of drug-likeness (QED) is 0.174. The second-order valence-corrected chi connectivity index (χ2v) is 10.2. The van der Waals surface area contributed by atoms with Gasteiger partial charge in [0.25, 0.3) is 5.91 Å². The summed E-state index contributed by atoms with van der Waals surface area (Å²) in [5.74, 6) is -4.49. The summed E-state index contributed by atoms with van der Waals surface area (Å²) in [4.78, 5) is 51.8. The van der Waals surface area contributed by atoms with E-state index in [0.29, 0.717) is 17.3 Å². The number of unbranched alkanes of at least 4 members (excludes halogenated alkanes) is 10. The molecule has 3 rings (SSSR count). The van der Waals surface area contributed by atoms with Crippen LogP contribution in [0.4, 0.5) is 0 Å². The minimum atomic E-state index is -2.39. The van der Waals surface area contributed by atoms with Crippen LogP contribution in [0.25, 0.3) is 10.8 Å². The number of carbonyl (C=O) groups is 4. The summed E-state index contributed by atoms with van der Waals surface area (Å²) in [6.45, 7) is 2.54. The highest BCUT2D eigenvalue weighted by molar-refractivity contribution is 6.52. The standard InChI is InChI=1S/C29H40N4O4/c1-2-3-4-5-6-7-8-9-10-11-14-17-33-27(37)29(32)23-19-21-16-13-12-15-20(21)18-22(23)28(31,26(30)36)24(34)25(29)35/h12-13,15-16,18-19H,2-11,14,17,31-32H2,1H3,(H2,30,36)(H,33,37). The van der Waals surface area contributed by atoms with Crippen LogP contribution in [0.5, 0.6) is 0 Å². The van der Waals surface area contributed by atoms with E-state index in [-0.39, 0.29) is 11.1 Å². The molecular weight excluding hydrogens is 468 g/mol. The monoisotopic (exact) mass is 508 g/mol. The van der Waals surface area contributed by atoms with Crippen LogP contribution in [-0.2, 0) is 30.3 Å². The fraction of sp³-hybridized carbons (Fsp3) is 0.517. The Bertz CT molecular complexity index is 1160. The zero-order chi connectivity index (χ0) is 27.1. The second kappa shape index (κ2) is 12.4. The van der Waals surface area contributed by atoms with Crippen molar-refractivity contribution in [1.82, 2.24) is 5.32 Å². The Balaban J connectivity index is 1.65. The predicted molar refractivity (Wildman–Crippen MR) is 144 cm³/mol. The highest BCUT2D eigenvalue weighted by atomic mass is 16.2. The number of hydrogen-bond donors (Lipinski definition) is 4. The maximum atomic E-state index is 13.3. The molecule has 8 heteroatoms. The lowest BCUT2D eigenvalue weighted by atomic mass is 9.65. The summed E-state index contributed by atoms with van der Waals surface area (Å²) in [5.41, 5.74) is 13.4. The topological polar surface area (TPSA) is 158 Å². The third-order valence-electron chi connectivity index (χ3n) is 7.47. The number of carbonyl (C=O) groups excluding carboxylic acids is 4. The van der Waals surface area contributed by atoms with Crippen molar-refractivity contribution in [1.29, 1.82) is 0 Å². The smallest absolute Gasteiger partial charge is 0.253 e. The molecule has 37 heavy (non-hydrogen) atoms. The van der Waals surface area contributed by atoms with Crippen LogP contribution in [-0.4, -0.2) is 29.9 Å². The molecule has 0 bridgehead atoms. The Hall–Kier alpha value is -3.10. The molecule has 2 unspecified atom stereocenters. The fourth-order valence-corrected chi connectivity index (χ4v) is 5.10. The van der Waals surface area contributed by atoms with Crippen LogP contribution in [0.3, 0.4) is 0 Å². The van der Waals surface area contributed by atoms with Crippen molar-refractivity contribution in [2.45, 2.75) is 88.6 Å². The van der Waals surface area contributed by atoms with Gasteiger partial charge >= 0.3 is 0 Å². The first kappa shape index (κ1) is 28.5. The normalized spacial score (nSPS) is 21.2. The number of rotatable bonds is 14. The molecule has 2 aromatic rings. The number of Topliss-reactive ketones (excluding diaryl/α,β-unsaturated/α-hetero) is 2. The third kappa shape index (κ3) is 5.75. The number of nitrogens with two attached hydrogens (primary N) is 3. The Kier molecular flexibility index (Phi) is 9.56. The van der Waals surface area contributed by atoms with Gasteiger partial charge in [0, 0.05) is 6.54 Å². The van der Waals surface area contributed by atoms with Crippen LogP contribution < -0.4 is 22.5 Å². The van der Waals surface area contributed by atoms with Crippen LogP contribution in [0.15, 0.2) is 36.4 Å². The number of amides is 2. The van der Waals surface area contributed by atoms with Crippen molar-refractivity contribution in [2.24, 2.45) is 17.2 Å². The summed E-state index contributed by atoms with van der Waals surface area (Å²) in [6, 6.07) is 10.2. The summed E-state index contributed by atoms with van der Waals surface area (Å²) in [6.07, 6.45) is 12.9. The Morgan fingerprint density at radius 1 is 0.730 bits per heavy atom. The number of hydrogen-bond acceptors (Lipinski definition) is 6. The number of fused-ring (bicyclic) bond motifs is 2. The van der Waals surface area contributed by atoms with Gasteiger partial charge in [-0.05, 0) is 40.5 Å². The molecule has 2 atom stereocenters. The maximum absolute atomic E-state index is 13.3. The Labute approximate surface area is 218 Å². The largest absolute Gasteiger partial charge is 0.367 e.